The van der Waals surface area contributed by atoms with Crippen molar-refractivity contribution in [3.63, 3.8) is 0 Å². The van der Waals surface area contributed by atoms with Crippen molar-refractivity contribution in [2.24, 2.45) is 0 Å². The number of benzene rings is 3. The molecule has 0 heterocycles. The maximum absolute atomic E-state index is 12.5. The molecule has 0 unspecified atom stereocenters. The Balaban J connectivity index is 1.73. The van der Waals surface area contributed by atoms with E-state index in [9.17, 15) is 9.59 Å². The van der Waals surface area contributed by atoms with Gasteiger partial charge in [-0.15, -0.1) is 0 Å². The van der Waals surface area contributed by atoms with Gasteiger partial charge in [0, 0.05) is 15.7 Å². The standard InChI is InChI=1S/C20H15Cl2NO3/c1-12(19(24)23-16-10-14(21)9-15(22)11-16)26-20(25)18-8-4-6-13-5-2-3-7-17(13)18/h2-12H,1H3,(H,23,24)/t12-/m1/s1. The van der Waals surface area contributed by atoms with Gasteiger partial charge in [-0.25, -0.2) is 4.79 Å². The summed E-state index contributed by atoms with van der Waals surface area (Å²) in [6.07, 6.45) is -0.987. The minimum Gasteiger partial charge on any atom is -0.449 e. The minimum atomic E-state index is -0.987. The Hall–Kier alpha value is -2.56. The molecule has 0 spiro atoms. The molecule has 0 aliphatic carbocycles. The first kappa shape index (κ1) is 18.2. The zero-order valence-electron chi connectivity index (χ0n) is 13.8. The maximum atomic E-state index is 12.5. The molecule has 0 aromatic heterocycles. The van der Waals surface area contributed by atoms with E-state index in [0.29, 0.717) is 21.3 Å². The predicted molar refractivity (Wildman–Crippen MR) is 104 cm³/mol. The van der Waals surface area contributed by atoms with Crippen LogP contribution in [0.4, 0.5) is 5.69 Å². The third kappa shape index (κ3) is 4.15. The normalized spacial score (nSPS) is 11.8. The summed E-state index contributed by atoms with van der Waals surface area (Å²) < 4.78 is 5.32. The number of hydrogen-bond donors (Lipinski definition) is 1. The third-order valence-corrected chi connectivity index (χ3v) is 4.23. The molecule has 4 nitrogen and oxygen atoms in total. The zero-order chi connectivity index (χ0) is 18.7. The van der Waals surface area contributed by atoms with Crippen molar-refractivity contribution < 1.29 is 14.3 Å². The summed E-state index contributed by atoms with van der Waals surface area (Å²) in [4.78, 5) is 24.8. The van der Waals surface area contributed by atoms with Gasteiger partial charge < -0.3 is 10.1 Å². The molecule has 26 heavy (non-hydrogen) atoms. The van der Waals surface area contributed by atoms with Crippen LogP contribution >= 0.6 is 23.2 Å². The van der Waals surface area contributed by atoms with Gasteiger partial charge in [0.25, 0.3) is 5.91 Å². The summed E-state index contributed by atoms with van der Waals surface area (Å²) in [5.74, 6) is -1.04. The van der Waals surface area contributed by atoms with Crippen LogP contribution in [-0.4, -0.2) is 18.0 Å². The van der Waals surface area contributed by atoms with Crippen LogP contribution in [0.25, 0.3) is 10.8 Å². The molecule has 3 aromatic rings. The van der Waals surface area contributed by atoms with Gasteiger partial charge in [-0.1, -0.05) is 59.6 Å². The van der Waals surface area contributed by atoms with E-state index in [1.54, 1.807) is 30.3 Å². The number of halogens is 2. The molecule has 0 aliphatic rings. The van der Waals surface area contributed by atoms with Gasteiger partial charge in [-0.3, -0.25) is 4.79 Å². The molecule has 0 fully saturated rings. The number of carbonyl (C=O) groups excluding carboxylic acids is 2. The summed E-state index contributed by atoms with van der Waals surface area (Å²) >= 11 is 11.8. The van der Waals surface area contributed by atoms with Crippen LogP contribution < -0.4 is 5.32 Å². The lowest BCUT2D eigenvalue weighted by Crippen LogP contribution is -2.30. The van der Waals surface area contributed by atoms with Crippen molar-refractivity contribution in [1.82, 2.24) is 0 Å². The van der Waals surface area contributed by atoms with E-state index in [0.717, 1.165) is 10.8 Å². The Kier molecular flexibility index (Phi) is 5.45. The Morgan fingerprint density at radius 1 is 0.962 bits per heavy atom. The summed E-state index contributed by atoms with van der Waals surface area (Å²) in [7, 11) is 0. The van der Waals surface area contributed by atoms with Crippen LogP contribution in [0.2, 0.25) is 10.0 Å². The number of fused-ring (bicyclic) bond motifs is 1. The highest BCUT2D eigenvalue weighted by molar-refractivity contribution is 6.35. The van der Waals surface area contributed by atoms with Gasteiger partial charge in [0.2, 0.25) is 0 Å². The molecule has 3 aromatic carbocycles. The number of nitrogens with one attached hydrogen (secondary N) is 1. The maximum Gasteiger partial charge on any atom is 0.339 e. The number of rotatable bonds is 4. The average Bonchev–Trinajstić information content (AvgIpc) is 2.60. The second-order valence-electron chi connectivity index (χ2n) is 5.72. The van der Waals surface area contributed by atoms with Crippen molar-refractivity contribution in [3.05, 3.63) is 76.3 Å². The van der Waals surface area contributed by atoms with E-state index in [1.807, 2.05) is 30.3 Å². The minimum absolute atomic E-state index is 0.396. The molecule has 1 amide bonds. The van der Waals surface area contributed by atoms with E-state index in [1.165, 1.54) is 6.92 Å². The topological polar surface area (TPSA) is 55.4 Å². The molecular weight excluding hydrogens is 373 g/mol. The second-order valence-corrected chi connectivity index (χ2v) is 6.59. The SMILES string of the molecule is C[C@@H](OC(=O)c1cccc2ccccc12)C(=O)Nc1cc(Cl)cc(Cl)c1. The van der Waals surface area contributed by atoms with E-state index >= 15 is 0 Å². The van der Waals surface area contributed by atoms with Crippen molar-refractivity contribution in [3.8, 4) is 0 Å². The lowest BCUT2D eigenvalue weighted by Gasteiger charge is -2.14. The highest BCUT2D eigenvalue weighted by Gasteiger charge is 2.20. The van der Waals surface area contributed by atoms with Crippen molar-refractivity contribution in [2.45, 2.75) is 13.0 Å². The van der Waals surface area contributed by atoms with E-state index in [-0.39, 0.29) is 0 Å². The van der Waals surface area contributed by atoms with Crippen LogP contribution in [0.15, 0.2) is 60.7 Å². The van der Waals surface area contributed by atoms with E-state index in [4.69, 9.17) is 27.9 Å². The smallest absolute Gasteiger partial charge is 0.339 e. The van der Waals surface area contributed by atoms with Gasteiger partial charge in [0.05, 0.1) is 5.56 Å². The highest BCUT2D eigenvalue weighted by Crippen LogP contribution is 2.23. The predicted octanol–water partition coefficient (Wildman–Crippen LogP) is 5.33. The first-order valence-corrected chi connectivity index (χ1v) is 8.65. The molecule has 0 aliphatic heterocycles. The number of esters is 1. The second kappa shape index (κ2) is 7.77. The first-order chi connectivity index (χ1) is 12.4. The van der Waals surface area contributed by atoms with Crippen molar-refractivity contribution in [2.75, 3.05) is 5.32 Å². The van der Waals surface area contributed by atoms with Gasteiger partial charge in [-0.2, -0.15) is 0 Å². The van der Waals surface area contributed by atoms with Crippen LogP contribution in [0.1, 0.15) is 17.3 Å². The van der Waals surface area contributed by atoms with Crippen LogP contribution in [0, 0.1) is 0 Å². The van der Waals surface area contributed by atoms with Gasteiger partial charge in [0.1, 0.15) is 0 Å². The summed E-state index contributed by atoms with van der Waals surface area (Å²) in [6, 6.07) is 17.5. The molecular formula is C20H15Cl2NO3. The van der Waals surface area contributed by atoms with Crippen LogP contribution in [0.5, 0.6) is 0 Å². The number of hydrogen-bond acceptors (Lipinski definition) is 3. The lowest BCUT2D eigenvalue weighted by atomic mass is 10.0. The Morgan fingerprint density at radius 2 is 1.62 bits per heavy atom. The Labute approximate surface area is 160 Å². The fourth-order valence-corrected chi connectivity index (χ4v) is 3.08. The molecule has 0 bridgehead atoms. The first-order valence-electron chi connectivity index (χ1n) is 7.90. The lowest BCUT2D eigenvalue weighted by molar-refractivity contribution is -0.123. The third-order valence-electron chi connectivity index (χ3n) is 3.79. The Morgan fingerprint density at radius 3 is 2.35 bits per heavy atom. The monoisotopic (exact) mass is 387 g/mol. The molecule has 1 atom stereocenters. The fourth-order valence-electron chi connectivity index (χ4n) is 2.55. The van der Waals surface area contributed by atoms with Gasteiger partial charge in [-0.05, 0) is 42.0 Å². The summed E-state index contributed by atoms with van der Waals surface area (Å²) in [6.45, 7) is 1.50. The number of amides is 1. The largest absolute Gasteiger partial charge is 0.449 e. The molecule has 6 heteroatoms. The fraction of sp³-hybridized carbons (Fsp3) is 0.100. The van der Waals surface area contributed by atoms with E-state index in [2.05, 4.69) is 5.32 Å². The number of carbonyl (C=O) groups is 2. The van der Waals surface area contributed by atoms with Gasteiger partial charge >= 0.3 is 5.97 Å². The summed E-state index contributed by atoms with van der Waals surface area (Å²) in [5, 5.41) is 5.12. The average molecular weight is 388 g/mol. The molecule has 0 saturated heterocycles. The number of ether oxygens (including phenoxy) is 1. The zero-order valence-corrected chi connectivity index (χ0v) is 15.3. The molecule has 1 N–H and O–H groups in total. The summed E-state index contributed by atoms with van der Waals surface area (Å²) in [5.41, 5.74) is 0.842. The molecule has 132 valence electrons. The highest BCUT2D eigenvalue weighted by atomic mass is 35.5. The number of anilines is 1. The Bertz CT molecular complexity index is 962. The molecule has 0 saturated carbocycles. The molecule has 3 rings (SSSR count). The van der Waals surface area contributed by atoms with E-state index < -0.39 is 18.0 Å². The van der Waals surface area contributed by atoms with Crippen molar-refractivity contribution in [1.29, 1.82) is 0 Å². The van der Waals surface area contributed by atoms with Crippen LogP contribution in [0.3, 0.4) is 0 Å². The van der Waals surface area contributed by atoms with Crippen molar-refractivity contribution >= 4 is 51.5 Å². The van der Waals surface area contributed by atoms with Crippen LogP contribution in [-0.2, 0) is 9.53 Å². The quantitative estimate of drug-likeness (QED) is 0.615. The molecule has 0 radical (unpaired) electrons. The van der Waals surface area contributed by atoms with Gasteiger partial charge in [0.15, 0.2) is 6.10 Å².